The Balaban J connectivity index is 2.43. The second-order valence-corrected chi connectivity index (χ2v) is 9.78. The molecule has 7 heteroatoms. The SMILES string of the molecule is COc1ccc(Cl)cc1C(=O)N=c1sn(C(C)(C)C)cc1CCCC(C)(C)F. The molecule has 2 rings (SSSR count). The second-order valence-electron chi connectivity index (χ2n) is 8.38. The van der Waals surface area contributed by atoms with Crippen molar-refractivity contribution in [2.24, 2.45) is 4.99 Å². The molecule has 1 aromatic heterocycles. The molecule has 0 aliphatic carbocycles. The molecule has 0 aliphatic heterocycles. The molecule has 4 nitrogen and oxygen atoms in total. The monoisotopic (exact) mass is 426 g/mol. The normalized spacial score (nSPS) is 13.1. The van der Waals surface area contributed by atoms with Crippen molar-refractivity contribution in [3.05, 3.63) is 45.2 Å². The van der Waals surface area contributed by atoms with Crippen LogP contribution in [-0.2, 0) is 12.0 Å². The lowest BCUT2D eigenvalue weighted by Crippen LogP contribution is -2.18. The molecule has 154 valence electrons. The first-order chi connectivity index (χ1) is 12.9. The molecule has 0 fully saturated rings. The van der Waals surface area contributed by atoms with Gasteiger partial charge >= 0.3 is 0 Å². The van der Waals surface area contributed by atoms with Crippen LogP contribution in [0.5, 0.6) is 5.75 Å². The summed E-state index contributed by atoms with van der Waals surface area (Å²) in [4.78, 5) is 17.2. The number of nitrogens with zero attached hydrogens (tertiary/aromatic N) is 2. The quantitative estimate of drug-likeness (QED) is 0.587. The van der Waals surface area contributed by atoms with Gasteiger partial charge in [0.1, 0.15) is 16.1 Å². The van der Waals surface area contributed by atoms with Crippen molar-refractivity contribution in [1.82, 2.24) is 3.96 Å². The number of aromatic nitrogens is 1. The number of hydrogen-bond donors (Lipinski definition) is 0. The van der Waals surface area contributed by atoms with Gasteiger partial charge in [-0.1, -0.05) is 11.6 Å². The summed E-state index contributed by atoms with van der Waals surface area (Å²) < 4.78 is 21.8. The smallest absolute Gasteiger partial charge is 0.282 e. The highest BCUT2D eigenvalue weighted by atomic mass is 35.5. The highest BCUT2D eigenvalue weighted by Crippen LogP contribution is 2.24. The van der Waals surface area contributed by atoms with Crippen LogP contribution in [0.25, 0.3) is 0 Å². The maximum Gasteiger partial charge on any atom is 0.282 e. The fourth-order valence-electron chi connectivity index (χ4n) is 2.67. The molecule has 0 spiro atoms. The van der Waals surface area contributed by atoms with Crippen molar-refractivity contribution >= 4 is 29.0 Å². The van der Waals surface area contributed by atoms with Crippen LogP contribution in [0.3, 0.4) is 0 Å². The van der Waals surface area contributed by atoms with Crippen LogP contribution in [0.4, 0.5) is 4.39 Å². The Morgan fingerprint density at radius 2 is 1.96 bits per heavy atom. The molecule has 0 bridgehead atoms. The zero-order valence-electron chi connectivity index (χ0n) is 17.3. The maximum absolute atomic E-state index is 13.8. The first kappa shape index (κ1) is 22.6. The summed E-state index contributed by atoms with van der Waals surface area (Å²) in [5, 5.41) is 0.445. The molecular formula is C21H28ClFN2O2S. The Morgan fingerprint density at radius 3 is 2.54 bits per heavy atom. The minimum absolute atomic E-state index is 0.136. The van der Waals surface area contributed by atoms with E-state index in [1.165, 1.54) is 18.6 Å². The predicted octanol–water partition coefficient (Wildman–Crippen LogP) is 5.78. The van der Waals surface area contributed by atoms with Gasteiger partial charge in [-0.05, 0) is 83.6 Å². The van der Waals surface area contributed by atoms with Crippen LogP contribution in [0.2, 0.25) is 5.02 Å². The molecular weight excluding hydrogens is 399 g/mol. The lowest BCUT2D eigenvalue weighted by atomic mass is 10.0. The number of halogens is 2. The molecule has 0 atom stereocenters. The molecule has 1 aromatic carbocycles. The summed E-state index contributed by atoms with van der Waals surface area (Å²) >= 11 is 7.47. The van der Waals surface area contributed by atoms with Crippen LogP contribution >= 0.6 is 23.1 Å². The summed E-state index contributed by atoms with van der Waals surface area (Å²) in [5.74, 6) is 0.0217. The minimum Gasteiger partial charge on any atom is -0.496 e. The Labute approximate surface area is 175 Å². The Kier molecular flexibility index (Phi) is 7.10. The molecule has 28 heavy (non-hydrogen) atoms. The highest BCUT2D eigenvalue weighted by molar-refractivity contribution is 7.04. The summed E-state index contributed by atoms with van der Waals surface area (Å²) in [6, 6.07) is 4.88. The number of hydrogen-bond acceptors (Lipinski definition) is 3. The molecule has 2 aromatic rings. The van der Waals surface area contributed by atoms with E-state index >= 15 is 0 Å². The Hall–Kier alpha value is -1.66. The second kappa shape index (κ2) is 8.78. The topological polar surface area (TPSA) is 43.6 Å². The summed E-state index contributed by atoms with van der Waals surface area (Å²) in [5.41, 5.74) is -0.0826. The van der Waals surface area contributed by atoms with E-state index in [1.807, 2.05) is 6.20 Å². The molecule has 0 radical (unpaired) electrons. The highest BCUT2D eigenvalue weighted by Gasteiger charge is 2.19. The zero-order valence-corrected chi connectivity index (χ0v) is 18.9. The zero-order chi connectivity index (χ0) is 21.1. The van der Waals surface area contributed by atoms with E-state index in [2.05, 4.69) is 29.7 Å². The van der Waals surface area contributed by atoms with Gasteiger partial charge in [-0.3, -0.25) is 8.75 Å². The van der Waals surface area contributed by atoms with Gasteiger partial charge in [0.25, 0.3) is 5.91 Å². The van der Waals surface area contributed by atoms with Gasteiger partial charge in [-0.15, -0.1) is 0 Å². The Morgan fingerprint density at radius 1 is 1.29 bits per heavy atom. The fraction of sp³-hybridized carbons (Fsp3) is 0.524. The molecule has 1 amide bonds. The van der Waals surface area contributed by atoms with Crippen LogP contribution in [0.15, 0.2) is 29.4 Å². The number of rotatable bonds is 6. The van der Waals surface area contributed by atoms with E-state index in [1.54, 1.807) is 32.0 Å². The van der Waals surface area contributed by atoms with E-state index in [4.69, 9.17) is 16.3 Å². The summed E-state index contributed by atoms with van der Waals surface area (Å²) in [7, 11) is 1.50. The third kappa shape index (κ3) is 6.17. The number of methoxy groups -OCH3 is 1. The average molecular weight is 427 g/mol. The first-order valence-electron chi connectivity index (χ1n) is 9.24. The van der Waals surface area contributed by atoms with Crippen LogP contribution in [0, 0.1) is 0 Å². The van der Waals surface area contributed by atoms with Crippen molar-refractivity contribution < 1.29 is 13.9 Å². The Bertz CT molecular complexity index is 904. The number of benzene rings is 1. The summed E-state index contributed by atoms with van der Waals surface area (Å²) in [6.07, 6.45) is 3.80. The largest absolute Gasteiger partial charge is 0.496 e. The lowest BCUT2D eigenvalue weighted by molar-refractivity contribution is 0.0995. The van der Waals surface area contributed by atoms with Gasteiger partial charge in [-0.2, -0.15) is 4.99 Å². The minimum atomic E-state index is -1.21. The number of carbonyl (C=O) groups is 1. The molecule has 0 saturated carbocycles. The standard InChI is InChI=1S/C21H28ClFN2O2S/c1-20(2,3)25-13-14(8-7-11-21(4,5)23)19(28-25)24-18(26)16-12-15(22)9-10-17(16)27-6/h9-10,12-13H,7-8,11H2,1-6H3. The van der Waals surface area contributed by atoms with Crippen molar-refractivity contribution in [3.63, 3.8) is 0 Å². The number of carbonyl (C=O) groups excluding carboxylic acids is 1. The fourth-order valence-corrected chi connectivity index (χ4v) is 3.88. The van der Waals surface area contributed by atoms with Crippen molar-refractivity contribution in [3.8, 4) is 5.75 Å². The van der Waals surface area contributed by atoms with Gasteiger partial charge in [0.2, 0.25) is 0 Å². The van der Waals surface area contributed by atoms with E-state index in [0.29, 0.717) is 40.3 Å². The number of ether oxygens (including phenoxy) is 1. The lowest BCUT2D eigenvalue weighted by Gasteiger charge is -2.19. The maximum atomic E-state index is 13.8. The number of amides is 1. The van der Waals surface area contributed by atoms with Crippen molar-refractivity contribution in [2.45, 2.75) is 65.1 Å². The van der Waals surface area contributed by atoms with Crippen molar-refractivity contribution in [2.75, 3.05) is 7.11 Å². The predicted molar refractivity (Wildman–Crippen MR) is 113 cm³/mol. The van der Waals surface area contributed by atoms with E-state index in [0.717, 1.165) is 5.56 Å². The van der Waals surface area contributed by atoms with E-state index < -0.39 is 11.6 Å². The van der Waals surface area contributed by atoms with Crippen LogP contribution in [-0.4, -0.2) is 22.6 Å². The van der Waals surface area contributed by atoms with E-state index in [-0.39, 0.29) is 5.54 Å². The van der Waals surface area contributed by atoms with Gasteiger partial charge in [-0.25, -0.2) is 4.39 Å². The van der Waals surface area contributed by atoms with Crippen molar-refractivity contribution in [1.29, 1.82) is 0 Å². The number of aryl methyl sites for hydroxylation is 1. The molecule has 0 N–H and O–H groups in total. The molecule has 0 aliphatic rings. The van der Waals surface area contributed by atoms with Crippen LogP contribution in [0.1, 0.15) is 63.4 Å². The van der Waals surface area contributed by atoms with E-state index in [9.17, 15) is 9.18 Å². The molecule has 0 unspecified atom stereocenters. The molecule has 1 heterocycles. The van der Waals surface area contributed by atoms with Gasteiger partial charge in [0.15, 0.2) is 0 Å². The molecule has 0 saturated heterocycles. The van der Waals surface area contributed by atoms with Gasteiger partial charge in [0.05, 0.1) is 12.7 Å². The first-order valence-corrected chi connectivity index (χ1v) is 10.4. The van der Waals surface area contributed by atoms with Crippen LogP contribution < -0.4 is 9.41 Å². The summed E-state index contributed by atoms with van der Waals surface area (Å²) in [6.45, 7) is 9.42. The van der Waals surface area contributed by atoms with Gasteiger partial charge in [0, 0.05) is 22.3 Å². The van der Waals surface area contributed by atoms with Gasteiger partial charge < -0.3 is 4.74 Å². The average Bonchev–Trinajstić information content (AvgIpc) is 2.96. The number of alkyl halides is 1. The third-order valence-electron chi connectivity index (χ3n) is 4.21. The third-order valence-corrected chi connectivity index (χ3v) is 5.82.